The lowest BCUT2D eigenvalue weighted by atomic mass is 10.2. The zero-order valence-corrected chi connectivity index (χ0v) is 8.94. The van der Waals surface area contributed by atoms with E-state index in [1.807, 2.05) is 0 Å². The Morgan fingerprint density at radius 2 is 2.00 bits per heavy atom. The molecule has 0 aliphatic carbocycles. The van der Waals surface area contributed by atoms with Gasteiger partial charge in [0.15, 0.2) is 6.04 Å². The van der Waals surface area contributed by atoms with E-state index in [4.69, 9.17) is 21.8 Å². The van der Waals surface area contributed by atoms with Gasteiger partial charge >= 0.3 is 5.97 Å². The number of aliphatic hydroxyl groups is 1. The van der Waals surface area contributed by atoms with Crippen LogP contribution in [0.25, 0.3) is 0 Å². The predicted molar refractivity (Wildman–Crippen MR) is 57.4 cm³/mol. The lowest BCUT2D eigenvalue weighted by Gasteiger charge is -2.12. The van der Waals surface area contributed by atoms with Gasteiger partial charge in [-0.05, 0) is 12.1 Å². The van der Waals surface area contributed by atoms with Crippen LogP contribution in [-0.2, 0) is 4.79 Å². The third-order valence-electron chi connectivity index (χ3n) is 1.90. The fraction of sp³-hybridized carbons (Fsp3) is 0.200. The minimum absolute atomic E-state index is 0.170. The first-order valence-electron chi connectivity index (χ1n) is 4.45. The molecule has 0 aromatic heterocycles. The van der Waals surface area contributed by atoms with E-state index >= 15 is 0 Å². The molecule has 1 atom stereocenters. The van der Waals surface area contributed by atoms with Crippen LogP contribution in [-0.4, -0.2) is 34.7 Å². The van der Waals surface area contributed by atoms with Crippen LogP contribution in [0.15, 0.2) is 24.3 Å². The molecule has 0 heterocycles. The minimum Gasteiger partial charge on any atom is -0.480 e. The summed E-state index contributed by atoms with van der Waals surface area (Å²) in [5, 5.41) is 19.7. The van der Waals surface area contributed by atoms with Crippen molar-refractivity contribution in [2.75, 3.05) is 6.61 Å². The summed E-state index contributed by atoms with van der Waals surface area (Å²) in [7, 11) is 0. The number of carboxylic acid groups (broad SMARTS) is 1. The van der Waals surface area contributed by atoms with E-state index in [1.165, 1.54) is 12.1 Å². The first kappa shape index (κ1) is 12.5. The number of hydrogen-bond acceptors (Lipinski definition) is 3. The number of nitrogens with one attached hydrogen (secondary N) is 1. The van der Waals surface area contributed by atoms with Crippen LogP contribution in [0.5, 0.6) is 0 Å². The molecule has 86 valence electrons. The number of halogens is 1. The summed E-state index contributed by atoms with van der Waals surface area (Å²) < 4.78 is 0. The van der Waals surface area contributed by atoms with Gasteiger partial charge in [-0.1, -0.05) is 23.7 Å². The molecule has 1 aromatic rings. The van der Waals surface area contributed by atoms with Crippen LogP contribution in [0.4, 0.5) is 0 Å². The standard InChI is InChI=1S/C10H10ClNO4/c11-7-4-2-1-3-6(7)9(14)12-8(5-13)10(15)16/h1-4,8,13H,5H2,(H,12,14)(H,15,16). The molecule has 6 heteroatoms. The lowest BCUT2D eigenvalue weighted by molar-refractivity contribution is -0.140. The molecule has 3 N–H and O–H groups in total. The third-order valence-corrected chi connectivity index (χ3v) is 2.23. The molecule has 0 spiro atoms. The Morgan fingerprint density at radius 3 is 2.50 bits per heavy atom. The van der Waals surface area contributed by atoms with Crippen LogP contribution in [0.2, 0.25) is 5.02 Å². The molecule has 1 rings (SSSR count). The van der Waals surface area contributed by atoms with Gasteiger partial charge in [0, 0.05) is 0 Å². The molecule has 0 aliphatic heterocycles. The Balaban J connectivity index is 2.80. The van der Waals surface area contributed by atoms with Crippen molar-refractivity contribution in [3.05, 3.63) is 34.9 Å². The van der Waals surface area contributed by atoms with Crippen molar-refractivity contribution in [3.63, 3.8) is 0 Å². The Labute approximate surface area is 96.7 Å². The maximum absolute atomic E-state index is 11.6. The van der Waals surface area contributed by atoms with Crippen LogP contribution in [0.3, 0.4) is 0 Å². The number of carboxylic acids is 1. The topological polar surface area (TPSA) is 86.6 Å². The van der Waals surface area contributed by atoms with Gasteiger partial charge in [-0.2, -0.15) is 0 Å². The number of carbonyl (C=O) groups excluding carboxylic acids is 1. The molecule has 5 nitrogen and oxygen atoms in total. The van der Waals surface area contributed by atoms with Gasteiger partial charge in [0.2, 0.25) is 0 Å². The Bertz CT molecular complexity index is 408. The summed E-state index contributed by atoms with van der Waals surface area (Å²) >= 11 is 5.75. The summed E-state index contributed by atoms with van der Waals surface area (Å²) in [6, 6.07) is 4.91. The van der Waals surface area contributed by atoms with Crippen molar-refractivity contribution in [3.8, 4) is 0 Å². The number of benzene rings is 1. The molecule has 0 radical (unpaired) electrons. The number of hydrogen-bond donors (Lipinski definition) is 3. The lowest BCUT2D eigenvalue weighted by Crippen LogP contribution is -2.43. The van der Waals surface area contributed by atoms with Gasteiger partial charge in [-0.25, -0.2) is 4.79 Å². The highest BCUT2D eigenvalue weighted by molar-refractivity contribution is 6.33. The van der Waals surface area contributed by atoms with Gasteiger partial charge < -0.3 is 15.5 Å². The van der Waals surface area contributed by atoms with Gasteiger partial charge in [-0.15, -0.1) is 0 Å². The number of rotatable bonds is 4. The van der Waals surface area contributed by atoms with Crippen molar-refractivity contribution >= 4 is 23.5 Å². The quantitative estimate of drug-likeness (QED) is 0.719. The minimum atomic E-state index is -1.33. The molecule has 0 aliphatic rings. The molecule has 0 saturated carbocycles. The van der Waals surface area contributed by atoms with Crippen molar-refractivity contribution in [1.29, 1.82) is 0 Å². The van der Waals surface area contributed by atoms with Gasteiger partial charge in [0.25, 0.3) is 5.91 Å². The largest absolute Gasteiger partial charge is 0.480 e. The first-order chi connectivity index (χ1) is 7.56. The van der Waals surface area contributed by atoms with Crippen molar-refractivity contribution in [1.82, 2.24) is 5.32 Å². The van der Waals surface area contributed by atoms with Crippen molar-refractivity contribution < 1.29 is 19.8 Å². The maximum Gasteiger partial charge on any atom is 0.328 e. The SMILES string of the molecule is O=C(NC(CO)C(=O)O)c1ccccc1Cl. The molecular formula is C10H10ClNO4. The average Bonchev–Trinajstić information content (AvgIpc) is 2.25. The second-order valence-electron chi connectivity index (χ2n) is 3.03. The first-order valence-corrected chi connectivity index (χ1v) is 4.83. The van der Waals surface area contributed by atoms with Crippen LogP contribution >= 0.6 is 11.6 Å². The number of aliphatic hydroxyl groups excluding tert-OH is 1. The van der Waals surface area contributed by atoms with E-state index in [1.54, 1.807) is 12.1 Å². The average molecular weight is 244 g/mol. The molecular weight excluding hydrogens is 234 g/mol. The van der Waals surface area contributed by atoms with E-state index in [0.29, 0.717) is 0 Å². The van der Waals surface area contributed by atoms with Crippen LogP contribution in [0.1, 0.15) is 10.4 Å². The van der Waals surface area contributed by atoms with E-state index in [9.17, 15) is 9.59 Å². The fourth-order valence-electron chi connectivity index (χ4n) is 1.07. The normalized spacial score (nSPS) is 11.9. The summed E-state index contributed by atoms with van der Waals surface area (Å²) in [6.07, 6.45) is 0. The summed E-state index contributed by atoms with van der Waals surface area (Å²) in [4.78, 5) is 22.1. The van der Waals surface area contributed by atoms with Gasteiger partial charge in [0.05, 0.1) is 17.2 Å². The predicted octanol–water partition coefficient (Wildman–Crippen LogP) is 0.515. The molecule has 0 saturated heterocycles. The highest BCUT2D eigenvalue weighted by Crippen LogP contribution is 2.14. The second kappa shape index (κ2) is 5.48. The molecule has 1 amide bonds. The number of aliphatic carboxylic acids is 1. The Hall–Kier alpha value is -1.59. The molecule has 1 unspecified atom stereocenters. The summed E-state index contributed by atoms with van der Waals surface area (Å²) in [6.45, 7) is -0.675. The highest BCUT2D eigenvalue weighted by Gasteiger charge is 2.20. The van der Waals surface area contributed by atoms with E-state index in [0.717, 1.165) is 0 Å². The zero-order valence-electron chi connectivity index (χ0n) is 8.18. The van der Waals surface area contributed by atoms with Gasteiger partial charge in [-0.3, -0.25) is 4.79 Å². The molecule has 1 aromatic carbocycles. The Morgan fingerprint density at radius 1 is 1.38 bits per heavy atom. The second-order valence-corrected chi connectivity index (χ2v) is 3.43. The fourth-order valence-corrected chi connectivity index (χ4v) is 1.29. The maximum atomic E-state index is 11.6. The monoisotopic (exact) mass is 243 g/mol. The smallest absolute Gasteiger partial charge is 0.328 e. The van der Waals surface area contributed by atoms with E-state index in [2.05, 4.69) is 5.32 Å². The Kier molecular flexibility index (Phi) is 4.28. The van der Waals surface area contributed by atoms with Crippen LogP contribution in [0, 0.1) is 0 Å². The molecule has 0 fully saturated rings. The van der Waals surface area contributed by atoms with E-state index in [-0.39, 0.29) is 10.6 Å². The highest BCUT2D eigenvalue weighted by atomic mass is 35.5. The van der Waals surface area contributed by atoms with Crippen LogP contribution < -0.4 is 5.32 Å². The number of amides is 1. The molecule has 0 bridgehead atoms. The van der Waals surface area contributed by atoms with Crippen molar-refractivity contribution in [2.45, 2.75) is 6.04 Å². The van der Waals surface area contributed by atoms with Crippen molar-refractivity contribution in [2.24, 2.45) is 0 Å². The summed E-state index contributed by atoms with van der Waals surface area (Å²) in [5.41, 5.74) is 0.170. The molecule has 16 heavy (non-hydrogen) atoms. The summed E-state index contributed by atoms with van der Waals surface area (Å²) in [5.74, 6) is -1.94. The number of carbonyl (C=O) groups is 2. The zero-order chi connectivity index (χ0) is 12.1. The third kappa shape index (κ3) is 2.95. The van der Waals surface area contributed by atoms with Gasteiger partial charge in [0.1, 0.15) is 0 Å². The van der Waals surface area contributed by atoms with E-state index < -0.39 is 24.5 Å².